The van der Waals surface area contributed by atoms with Gasteiger partial charge in [0.05, 0.1) is 25.4 Å². The van der Waals surface area contributed by atoms with Gasteiger partial charge in [-0.15, -0.1) is 0 Å². The van der Waals surface area contributed by atoms with E-state index in [-0.39, 0.29) is 48.0 Å². The first-order chi connectivity index (χ1) is 21.1. The van der Waals surface area contributed by atoms with E-state index >= 15 is 0 Å². The minimum Gasteiger partial charge on any atom is -0.492 e. The SMILES string of the molecule is CCC(C)C(NC(=O)[C@@H](CCC(N)COCc1ccc(C#N)c(OCCCOC)c1)C(C)C)C(=O)NCc1ccc(F)cc1. The molecule has 4 N–H and O–H groups in total. The van der Waals surface area contributed by atoms with Crippen molar-refractivity contribution in [2.24, 2.45) is 23.5 Å². The van der Waals surface area contributed by atoms with Crippen LogP contribution in [0, 0.1) is 34.9 Å². The molecule has 0 bridgehead atoms. The number of hydrogen-bond acceptors (Lipinski definition) is 7. The van der Waals surface area contributed by atoms with E-state index in [1.165, 1.54) is 12.1 Å². The molecule has 0 saturated carbocycles. The Morgan fingerprint density at radius 3 is 2.36 bits per heavy atom. The zero-order chi connectivity index (χ0) is 32.5. The van der Waals surface area contributed by atoms with Gasteiger partial charge in [-0.2, -0.15) is 5.26 Å². The fourth-order valence-corrected chi connectivity index (χ4v) is 4.69. The van der Waals surface area contributed by atoms with Crippen LogP contribution in [0.15, 0.2) is 42.5 Å². The van der Waals surface area contributed by atoms with Gasteiger partial charge in [0.1, 0.15) is 23.7 Å². The lowest BCUT2D eigenvalue weighted by Gasteiger charge is -2.28. The van der Waals surface area contributed by atoms with E-state index in [4.69, 9.17) is 19.9 Å². The maximum Gasteiger partial charge on any atom is 0.243 e. The molecule has 3 unspecified atom stereocenters. The van der Waals surface area contributed by atoms with Crippen LogP contribution in [0.25, 0.3) is 0 Å². The highest BCUT2D eigenvalue weighted by atomic mass is 19.1. The van der Waals surface area contributed by atoms with Crippen LogP contribution in [-0.4, -0.2) is 50.8 Å². The third-order valence-electron chi connectivity index (χ3n) is 7.68. The Bertz CT molecular complexity index is 1200. The second-order valence-corrected chi connectivity index (χ2v) is 11.6. The minimum absolute atomic E-state index is 0.0453. The predicted octanol–water partition coefficient (Wildman–Crippen LogP) is 4.86. The predicted molar refractivity (Wildman–Crippen MR) is 168 cm³/mol. The molecule has 0 spiro atoms. The molecule has 0 aliphatic rings. The van der Waals surface area contributed by atoms with Gasteiger partial charge >= 0.3 is 0 Å². The number of benzene rings is 2. The van der Waals surface area contributed by atoms with Crippen LogP contribution in [0.2, 0.25) is 0 Å². The quantitative estimate of drug-likeness (QED) is 0.182. The maximum absolute atomic E-state index is 13.4. The molecule has 0 fully saturated rings. The van der Waals surface area contributed by atoms with Crippen molar-refractivity contribution in [3.8, 4) is 11.8 Å². The summed E-state index contributed by atoms with van der Waals surface area (Å²) in [5.74, 6) is -0.621. The zero-order valence-electron chi connectivity index (χ0n) is 26.7. The largest absolute Gasteiger partial charge is 0.492 e. The number of nitrogens with zero attached hydrogens (tertiary/aromatic N) is 1. The molecule has 10 heteroatoms. The topological polar surface area (TPSA) is 136 Å². The summed E-state index contributed by atoms with van der Waals surface area (Å²) in [6, 6.07) is 12.5. The number of halogens is 1. The van der Waals surface area contributed by atoms with Crippen molar-refractivity contribution in [2.75, 3.05) is 26.9 Å². The standard InChI is InChI=1S/C34H49FN4O5/c1-6-24(4)32(34(41)38-20-25-9-12-28(35)13-10-25)39-33(40)30(23(2)3)15-14-29(37)22-43-21-26-8-11-27(19-36)31(18-26)44-17-7-16-42-5/h8-13,18,23-24,29-30,32H,6-7,14-17,20-22,37H2,1-5H3,(H,38,41)(H,39,40)/t24?,29?,30-,32?/m0/s1. The molecular formula is C34H49FN4O5. The summed E-state index contributed by atoms with van der Waals surface area (Å²) in [6.07, 6.45) is 2.55. The highest BCUT2D eigenvalue weighted by Crippen LogP contribution is 2.22. The molecule has 2 aromatic carbocycles. The van der Waals surface area contributed by atoms with Gasteiger partial charge in [-0.05, 0) is 60.1 Å². The van der Waals surface area contributed by atoms with E-state index in [0.717, 1.165) is 17.5 Å². The van der Waals surface area contributed by atoms with Crippen molar-refractivity contribution in [3.05, 3.63) is 65.0 Å². The highest BCUT2D eigenvalue weighted by Gasteiger charge is 2.30. The van der Waals surface area contributed by atoms with E-state index in [1.54, 1.807) is 31.4 Å². The molecule has 44 heavy (non-hydrogen) atoms. The molecule has 2 rings (SSSR count). The van der Waals surface area contributed by atoms with Crippen molar-refractivity contribution in [3.63, 3.8) is 0 Å². The first kappa shape index (κ1) is 36.7. The normalized spacial score (nSPS) is 13.9. The number of hydrogen-bond donors (Lipinski definition) is 3. The van der Waals surface area contributed by atoms with Crippen LogP contribution in [0.3, 0.4) is 0 Å². The summed E-state index contributed by atoms with van der Waals surface area (Å²) < 4.78 is 29.9. The summed E-state index contributed by atoms with van der Waals surface area (Å²) in [5, 5.41) is 15.2. The molecule has 9 nitrogen and oxygen atoms in total. The maximum atomic E-state index is 13.4. The fraction of sp³-hybridized carbons (Fsp3) is 0.559. The lowest BCUT2D eigenvalue weighted by molar-refractivity contribution is -0.133. The third-order valence-corrected chi connectivity index (χ3v) is 7.68. The average molecular weight is 613 g/mol. The van der Waals surface area contributed by atoms with Crippen molar-refractivity contribution >= 4 is 11.8 Å². The van der Waals surface area contributed by atoms with E-state index in [9.17, 15) is 19.2 Å². The molecule has 0 aromatic heterocycles. The van der Waals surface area contributed by atoms with Crippen molar-refractivity contribution in [1.29, 1.82) is 5.26 Å². The fourth-order valence-electron chi connectivity index (χ4n) is 4.69. The number of methoxy groups -OCH3 is 1. The second kappa shape index (κ2) is 19.7. The third kappa shape index (κ3) is 12.6. The van der Waals surface area contributed by atoms with Crippen LogP contribution in [0.5, 0.6) is 5.75 Å². The Hall–Kier alpha value is -3.52. The van der Waals surface area contributed by atoms with Crippen LogP contribution in [0.4, 0.5) is 4.39 Å². The van der Waals surface area contributed by atoms with E-state index in [0.29, 0.717) is 57.0 Å². The van der Waals surface area contributed by atoms with E-state index in [1.807, 2.05) is 33.8 Å². The molecule has 0 aliphatic carbocycles. The van der Waals surface area contributed by atoms with Crippen molar-refractivity contribution < 1.29 is 28.2 Å². The number of carbonyl (C=O) groups excluding carboxylic acids is 2. The summed E-state index contributed by atoms with van der Waals surface area (Å²) in [5.41, 5.74) is 8.46. The van der Waals surface area contributed by atoms with Crippen molar-refractivity contribution in [2.45, 2.75) is 78.6 Å². The molecule has 0 heterocycles. The lowest BCUT2D eigenvalue weighted by atomic mass is 9.88. The monoisotopic (exact) mass is 612 g/mol. The van der Waals surface area contributed by atoms with E-state index in [2.05, 4.69) is 16.7 Å². The smallest absolute Gasteiger partial charge is 0.243 e. The molecule has 2 amide bonds. The number of ether oxygens (including phenoxy) is 3. The van der Waals surface area contributed by atoms with Gasteiger partial charge in [0.25, 0.3) is 0 Å². The minimum atomic E-state index is -0.688. The molecular weight excluding hydrogens is 563 g/mol. The Balaban J connectivity index is 1.88. The first-order valence-electron chi connectivity index (χ1n) is 15.4. The van der Waals surface area contributed by atoms with Gasteiger partial charge in [0.2, 0.25) is 11.8 Å². The number of nitrogens with one attached hydrogen (secondary N) is 2. The van der Waals surface area contributed by atoms with Gasteiger partial charge in [0.15, 0.2) is 0 Å². The number of nitrogens with two attached hydrogens (primary N) is 1. The molecule has 0 radical (unpaired) electrons. The summed E-state index contributed by atoms with van der Waals surface area (Å²) in [7, 11) is 1.63. The summed E-state index contributed by atoms with van der Waals surface area (Å²) in [4.78, 5) is 26.5. The van der Waals surface area contributed by atoms with Gasteiger partial charge in [-0.25, -0.2) is 4.39 Å². The second-order valence-electron chi connectivity index (χ2n) is 11.6. The van der Waals surface area contributed by atoms with Gasteiger partial charge in [0, 0.05) is 38.6 Å². The molecule has 2 aromatic rings. The van der Waals surface area contributed by atoms with Crippen molar-refractivity contribution in [1.82, 2.24) is 10.6 Å². The number of carbonyl (C=O) groups is 2. The van der Waals surface area contributed by atoms with Crippen LogP contribution < -0.4 is 21.1 Å². The van der Waals surface area contributed by atoms with Crippen LogP contribution in [0.1, 0.15) is 70.1 Å². The Kier molecular flexibility index (Phi) is 16.4. The molecule has 242 valence electrons. The average Bonchev–Trinajstić information content (AvgIpc) is 3.01. The molecule has 0 aliphatic heterocycles. The summed E-state index contributed by atoms with van der Waals surface area (Å²) >= 11 is 0. The number of nitriles is 1. The van der Waals surface area contributed by atoms with Gasteiger partial charge in [-0.3, -0.25) is 9.59 Å². The highest BCUT2D eigenvalue weighted by molar-refractivity contribution is 5.88. The summed E-state index contributed by atoms with van der Waals surface area (Å²) in [6.45, 7) is 9.77. The Morgan fingerprint density at radius 2 is 1.73 bits per heavy atom. The van der Waals surface area contributed by atoms with Crippen LogP contribution in [-0.2, 0) is 32.2 Å². The lowest BCUT2D eigenvalue weighted by Crippen LogP contribution is -2.52. The first-order valence-corrected chi connectivity index (χ1v) is 15.4. The number of amides is 2. The van der Waals surface area contributed by atoms with Gasteiger partial charge in [-0.1, -0.05) is 52.3 Å². The molecule has 0 saturated heterocycles. The van der Waals surface area contributed by atoms with E-state index < -0.39 is 6.04 Å². The van der Waals surface area contributed by atoms with Crippen LogP contribution >= 0.6 is 0 Å². The Morgan fingerprint density at radius 1 is 1.02 bits per heavy atom. The van der Waals surface area contributed by atoms with Gasteiger partial charge < -0.3 is 30.6 Å². The molecule has 4 atom stereocenters. The zero-order valence-corrected chi connectivity index (χ0v) is 26.7. The number of rotatable bonds is 20. The Labute approximate surface area is 261 Å².